The first-order valence-corrected chi connectivity index (χ1v) is 10.3. The van der Waals surface area contributed by atoms with Crippen LogP contribution in [0.1, 0.15) is 32.3 Å². The van der Waals surface area contributed by atoms with Crippen molar-refractivity contribution in [2.24, 2.45) is 0 Å². The molecule has 2 aromatic carbocycles. The fourth-order valence-corrected chi connectivity index (χ4v) is 2.99. The first-order chi connectivity index (χ1) is 15.3. The van der Waals surface area contributed by atoms with Crippen molar-refractivity contribution in [1.29, 1.82) is 0 Å². The molecule has 0 heterocycles. The Hall–Kier alpha value is -3.23. The number of nitrogens with zero attached hydrogens (tertiary/aromatic N) is 1. The van der Waals surface area contributed by atoms with Crippen molar-refractivity contribution in [3.8, 4) is 11.5 Å². The molecule has 0 saturated heterocycles. The van der Waals surface area contributed by atoms with Crippen molar-refractivity contribution in [2.75, 3.05) is 31.6 Å². The molecule has 2 rings (SSSR count). The molecule has 2 amide bonds. The van der Waals surface area contributed by atoms with Gasteiger partial charge >= 0.3 is 6.18 Å². The van der Waals surface area contributed by atoms with E-state index >= 15 is 0 Å². The van der Waals surface area contributed by atoms with Crippen LogP contribution >= 0.6 is 0 Å². The number of rotatable bonds is 11. The second-order valence-electron chi connectivity index (χ2n) is 6.83. The molecule has 0 spiro atoms. The zero-order valence-electron chi connectivity index (χ0n) is 18.1. The molecular formula is C23H27F3N2O4. The van der Waals surface area contributed by atoms with Crippen LogP contribution < -0.4 is 14.8 Å². The number of likely N-dealkylation sites (N-methyl/N-ethyl adjacent to an activating group) is 1. The number of halogens is 3. The van der Waals surface area contributed by atoms with E-state index in [0.717, 1.165) is 6.07 Å². The van der Waals surface area contributed by atoms with Crippen LogP contribution in [-0.4, -0.2) is 43.0 Å². The predicted molar refractivity (Wildman–Crippen MR) is 115 cm³/mol. The van der Waals surface area contributed by atoms with Crippen LogP contribution in [-0.2, 0) is 15.8 Å². The number of hydrogen-bond acceptors (Lipinski definition) is 4. The molecule has 0 aliphatic rings. The molecule has 1 N–H and O–H groups in total. The highest BCUT2D eigenvalue weighted by molar-refractivity contribution is 5.95. The van der Waals surface area contributed by atoms with Gasteiger partial charge in [0.1, 0.15) is 0 Å². The van der Waals surface area contributed by atoms with Gasteiger partial charge in [0.2, 0.25) is 11.8 Å². The molecule has 0 aliphatic carbocycles. The van der Waals surface area contributed by atoms with Gasteiger partial charge in [-0.25, -0.2) is 0 Å². The lowest BCUT2D eigenvalue weighted by Gasteiger charge is -2.21. The number of carbonyl (C=O) groups excluding carboxylic acids is 2. The normalized spacial score (nSPS) is 11.0. The Balaban J connectivity index is 1.85. The summed E-state index contributed by atoms with van der Waals surface area (Å²) in [5.41, 5.74) is -1.28. The Morgan fingerprint density at radius 1 is 0.969 bits per heavy atom. The third-order valence-corrected chi connectivity index (χ3v) is 4.52. The highest BCUT2D eigenvalue weighted by Gasteiger charge is 2.33. The number of anilines is 1. The van der Waals surface area contributed by atoms with Crippen LogP contribution in [0.3, 0.4) is 0 Å². The van der Waals surface area contributed by atoms with E-state index in [9.17, 15) is 22.8 Å². The molecule has 0 aromatic heterocycles. The summed E-state index contributed by atoms with van der Waals surface area (Å²) in [6.45, 7) is 4.26. The summed E-state index contributed by atoms with van der Waals surface area (Å²) < 4.78 is 50.4. The summed E-state index contributed by atoms with van der Waals surface area (Å²) in [6.07, 6.45) is -4.05. The molecule has 0 bridgehead atoms. The van der Waals surface area contributed by atoms with Crippen molar-refractivity contribution < 1.29 is 32.2 Å². The molecule has 32 heavy (non-hydrogen) atoms. The summed E-state index contributed by atoms with van der Waals surface area (Å²) in [7, 11) is 0. The summed E-state index contributed by atoms with van der Waals surface area (Å²) in [6, 6.07) is 11.9. The van der Waals surface area contributed by atoms with Crippen molar-refractivity contribution in [2.45, 2.75) is 32.9 Å². The Bertz CT molecular complexity index is 903. The summed E-state index contributed by atoms with van der Waals surface area (Å²) in [5, 5.41) is 2.25. The Morgan fingerprint density at radius 3 is 2.22 bits per heavy atom. The molecule has 0 fully saturated rings. The van der Waals surface area contributed by atoms with Gasteiger partial charge in [-0.2, -0.15) is 13.2 Å². The van der Waals surface area contributed by atoms with Crippen LogP contribution in [0.4, 0.5) is 18.9 Å². The molecule has 2 aromatic rings. The minimum Gasteiger partial charge on any atom is -0.490 e. The van der Waals surface area contributed by atoms with Crippen molar-refractivity contribution in [3.63, 3.8) is 0 Å². The van der Waals surface area contributed by atoms with Gasteiger partial charge in [0.15, 0.2) is 11.5 Å². The van der Waals surface area contributed by atoms with E-state index in [-0.39, 0.29) is 37.7 Å². The van der Waals surface area contributed by atoms with E-state index < -0.39 is 17.6 Å². The van der Waals surface area contributed by atoms with Crippen molar-refractivity contribution in [3.05, 3.63) is 54.1 Å². The summed E-state index contributed by atoms with van der Waals surface area (Å²) in [5.74, 6) is 0.219. The lowest BCUT2D eigenvalue weighted by atomic mass is 10.1. The maximum absolute atomic E-state index is 13.1. The number of hydrogen-bond donors (Lipinski definition) is 1. The topological polar surface area (TPSA) is 67.9 Å². The van der Waals surface area contributed by atoms with Gasteiger partial charge in [-0.15, -0.1) is 0 Å². The smallest absolute Gasteiger partial charge is 0.418 e. The third kappa shape index (κ3) is 7.47. The zero-order chi connectivity index (χ0) is 23.6. The number of amides is 2. The molecule has 0 unspecified atom stereocenters. The first-order valence-electron chi connectivity index (χ1n) is 10.3. The number of para-hydroxylation sites is 3. The standard InChI is InChI=1S/C23H27F3N2O4/c1-3-28(16-21(29)27-18-11-6-5-10-17(18)23(24,25)26)22(30)14-9-15-32-20-13-8-7-12-19(20)31-4-2/h5-8,10-13H,3-4,9,14-16H2,1-2H3,(H,27,29). The molecular weight excluding hydrogens is 425 g/mol. The molecule has 9 heteroatoms. The fraction of sp³-hybridized carbons (Fsp3) is 0.391. The average Bonchev–Trinajstić information content (AvgIpc) is 2.75. The zero-order valence-corrected chi connectivity index (χ0v) is 18.1. The molecule has 6 nitrogen and oxygen atoms in total. The van der Waals surface area contributed by atoms with Gasteiger partial charge in [-0.1, -0.05) is 24.3 Å². The van der Waals surface area contributed by atoms with Crippen molar-refractivity contribution >= 4 is 17.5 Å². The van der Waals surface area contributed by atoms with Crippen LogP contribution in [0.5, 0.6) is 11.5 Å². The van der Waals surface area contributed by atoms with Crippen LogP contribution in [0, 0.1) is 0 Å². The lowest BCUT2D eigenvalue weighted by molar-refractivity contribution is -0.137. The number of alkyl halides is 3. The monoisotopic (exact) mass is 452 g/mol. The highest BCUT2D eigenvalue weighted by Crippen LogP contribution is 2.34. The van der Waals surface area contributed by atoms with Crippen LogP contribution in [0.15, 0.2) is 48.5 Å². The second-order valence-corrected chi connectivity index (χ2v) is 6.83. The van der Waals surface area contributed by atoms with E-state index in [1.54, 1.807) is 19.1 Å². The van der Waals surface area contributed by atoms with Crippen molar-refractivity contribution in [1.82, 2.24) is 4.90 Å². The molecule has 174 valence electrons. The molecule has 0 saturated carbocycles. The second kappa shape index (κ2) is 12.0. The average molecular weight is 452 g/mol. The van der Waals surface area contributed by atoms with E-state index in [4.69, 9.17) is 9.47 Å². The summed E-state index contributed by atoms with van der Waals surface area (Å²) >= 11 is 0. The predicted octanol–water partition coefficient (Wildman–Crippen LogP) is 4.75. The lowest BCUT2D eigenvalue weighted by Crippen LogP contribution is -2.38. The van der Waals surface area contributed by atoms with Gasteiger partial charge in [0.25, 0.3) is 0 Å². The SMILES string of the molecule is CCOc1ccccc1OCCCC(=O)N(CC)CC(=O)Nc1ccccc1C(F)(F)F. The van der Waals surface area contributed by atoms with E-state index in [1.165, 1.54) is 23.1 Å². The van der Waals surface area contributed by atoms with Crippen LogP contribution in [0.25, 0.3) is 0 Å². The molecule has 0 radical (unpaired) electrons. The Labute approximate surface area is 185 Å². The highest BCUT2D eigenvalue weighted by atomic mass is 19.4. The van der Waals surface area contributed by atoms with E-state index in [2.05, 4.69) is 5.32 Å². The fourth-order valence-electron chi connectivity index (χ4n) is 2.99. The van der Waals surface area contributed by atoms with E-state index in [1.807, 2.05) is 19.1 Å². The largest absolute Gasteiger partial charge is 0.490 e. The number of carbonyl (C=O) groups is 2. The number of nitrogens with one attached hydrogen (secondary N) is 1. The van der Waals surface area contributed by atoms with Gasteiger partial charge in [-0.05, 0) is 44.5 Å². The van der Waals surface area contributed by atoms with E-state index in [0.29, 0.717) is 24.5 Å². The maximum atomic E-state index is 13.1. The minimum absolute atomic E-state index is 0.136. The van der Waals surface area contributed by atoms with Gasteiger partial charge in [0, 0.05) is 13.0 Å². The first kappa shape index (κ1) is 25.0. The number of benzene rings is 2. The quantitative estimate of drug-likeness (QED) is 0.500. The van der Waals surface area contributed by atoms with Crippen LogP contribution in [0.2, 0.25) is 0 Å². The Morgan fingerprint density at radius 2 is 1.59 bits per heavy atom. The summed E-state index contributed by atoms with van der Waals surface area (Å²) in [4.78, 5) is 26.0. The van der Waals surface area contributed by atoms with Gasteiger partial charge < -0.3 is 19.7 Å². The van der Waals surface area contributed by atoms with Gasteiger partial charge in [0.05, 0.1) is 31.0 Å². The molecule has 0 aliphatic heterocycles. The molecule has 0 atom stereocenters. The maximum Gasteiger partial charge on any atom is 0.418 e. The minimum atomic E-state index is -4.59. The third-order valence-electron chi connectivity index (χ3n) is 4.52. The Kier molecular flexibility index (Phi) is 9.37. The number of ether oxygens (including phenoxy) is 2. The van der Waals surface area contributed by atoms with Gasteiger partial charge in [-0.3, -0.25) is 9.59 Å².